The number of carbonyl (C=O) groups excluding carboxylic acids is 1. The Balaban J connectivity index is 1.81. The summed E-state index contributed by atoms with van der Waals surface area (Å²) < 4.78 is 11.3. The Bertz CT molecular complexity index is 1520. The Hall–Kier alpha value is -2.85. The molecule has 0 spiro atoms. The summed E-state index contributed by atoms with van der Waals surface area (Å²) in [5.74, 6) is 0. The first-order chi connectivity index (χ1) is 14.9. The average Bonchev–Trinajstić information content (AvgIpc) is 3.26. The molecule has 3 heterocycles. The van der Waals surface area contributed by atoms with Gasteiger partial charge in [-0.3, -0.25) is 18.5 Å². The number of hydrogen-bond donors (Lipinski definition) is 0. The summed E-state index contributed by atoms with van der Waals surface area (Å²) in [5, 5.41) is 0.967. The molecule has 0 unspecified atom stereocenters. The molecule has 0 aliphatic rings. The predicted molar refractivity (Wildman–Crippen MR) is 126 cm³/mol. The number of benzene rings is 1. The fraction of sp³-hybridized carbons (Fsp3) is 0.333. The number of rotatable bonds is 2. The van der Waals surface area contributed by atoms with Crippen LogP contribution in [0.15, 0.2) is 38.7 Å². The van der Waals surface area contributed by atoms with Crippen molar-refractivity contribution in [2.45, 2.75) is 32.9 Å². The van der Waals surface area contributed by atoms with Crippen LogP contribution in [0, 0.1) is 0 Å². The molecule has 9 nitrogen and oxygen atoms in total. The molecule has 0 saturated heterocycles. The van der Waals surface area contributed by atoms with Gasteiger partial charge in [0.25, 0.3) is 5.56 Å². The first-order valence-corrected chi connectivity index (χ1v) is 10.9. The fourth-order valence-corrected chi connectivity index (χ4v) is 4.17. The molecule has 0 aliphatic carbocycles. The zero-order valence-corrected chi connectivity index (χ0v) is 20.5. The van der Waals surface area contributed by atoms with E-state index in [1.165, 1.54) is 9.13 Å². The van der Waals surface area contributed by atoms with E-state index in [2.05, 4.69) is 20.9 Å². The van der Waals surface area contributed by atoms with Crippen LogP contribution in [-0.4, -0.2) is 34.9 Å². The van der Waals surface area contributed by atoms with Crippen LogP contribution in [0.25, 0.3) is 22.1 Å². The van der Waals surface area contributed by atoms with Gasteiger partial charge < -0.3 is 9.30 Å². The van der Waals surface area contributed by atoms with E-state index in [1.54, 1.807) is 63.8 Å². The quantitative estimate of drug-likeness (QED) is 0.375. The van der Waals surface area contributed by atoms with Gasteiger partial charge in [0.1, 0.15) is 5.60 Å². The van der Waals surface area contributed by atoms with Crippen molar-refractivity contribution in [2.75, 3.05) is 0 Å². The number of hydrogen-bond acceptors (Lipinski definition) is 5. The molecule has 11 heteroatoms. The minimum absolute atomic E-state index is 0.0311. The van der Waals surface area contributed by atoms with Gasteiger partial charge in [0.05, 0.1) is 17.1 Å². The minimum atomic E-state index is -0.641. The summed E-state index contributed by atoms with van der Waals surface area (Å²) in [6.07, 6.45) is 1.06. The monoisotopic (exact) mass is 521 g/mol. The Morgan fingerprint density at radius 1 is 1.16 bits per heavy atom. The minimum Gasteiger partial charge on any atom is -0.443 e. The molecule has 0 amide bonds. The smallest absolute Gasteiger partial charge is 0.418 e. The van der Waals surface area contributed by atoms with Gasteiger partial charge in [0, 0.05) is 25.7 Å². The molecule has 4 aromatic rings. The highest BCUT2D eigenvalue weighted by Gasteiger charge is 2.22. The lowest BCUT2D eigenvalue weighted by atomic mass is 10.1. The van der Waals surface area contributed by atoms with Crippen LogP contribution in [-0.2, 0) is 25.4 Å². The van der Waals surface area contributed by atoms with Crippen molar-refractivity contribution < 1.29 is 9.53 Å². The highest BCUT2D eigenvalue weighted by molar-refractivity contribution is 9.10. The van der Waals surface area contributed by atoms with Gasteiger partial charge >= 0.3 is 11.8 Å². The largest absolute Gasteiger partial charge is 0.443 e. The number of ether oxygens (including phenoxy) is 1. The van der Waals surface area contributed by atoms with Crippen molar-refractivity contribution in [3.63, 3.8) is 0 Å². The molecule has 0 aliphatic heterocycles. The lowest BCUT2D eigenvalue weighted by molar-refractivity contribution is 0.0544. The second kappa shape index (κ2) is 7.63. The van der Waals surface area contributed by atoms with Gasteiger partial charge in [0.2, 0.25) is 0 Å². The molecule has 0 radical (unpaired) electrons. The van der Waals surface area contributed by atoms with Gasteiger partial charge in [-0.2, -0.15) is 0 Å². The standard InChI is InChI=1S/C21H21BrClN5O4/c1-21(2,3)32-20(31)27-9-8-12-13(27)7-6-11(14(12)23)10-28-17(29)15-16(26(5)19(28)30)24-18(22)25(15)4/h6-9H,10H2,1-5H3. The van der Waals surface area contributed by atoms with E-state index < -0.39 is 22.9 Å². The zero-order valence-electron chi connectivity index (χ0n) is 18.1. The van der Waals surface area contributed by atoms with E-state index in [1.807, 2.05) is 0 Å². The molecule has 1 aromatic carbocycles. The van der Waals surface area contributed by atoms with E-state index in [4.69, 9.17) is 16.3 Å². The van der Waals surface area contributed by atoms with Crippen molar-refractivity contribution >= 4 is 55.7 Å². The lowest BCUT2D eigenvalue weighted by Gasteiger charge is -2.19. The van der Waals surface area contributed by atoms with Crippen LogP contribution in [0.5, 0.6) is 0 Å². The molecule has 0 N–H and O–H groups in total. The number of aryl methyl sites for hydroxylation is 2. The van der Waals surface area contributed by atoms with Crippen molar-refractivity contribution in [3.05, 3.63) is 60.6 Å². The molecular weight excluding hydrogens is 502 g/mol. The number of carbonyl (C=O) groups is 1. The molecule has 4 rings (SSSR count). The highest BCUT2D eigenvalue weighted by atomic mass is 79.9. The van der Waals surface area contributed by atoms with Crippen molar-refractivity contribution in [3.8, 4) is 0 Å². The van der Waals surface area contributed by atoms with Crippen molar-refractivity contribution in [1.29, 1.82) is 0 Å². The summed E-state index contributed by atoms with van der Waals surface area (Å²) in [5.41, 5.74) is 0.119. The Kier molecular flexibility index (Phi) is 5.33. The van der Waals surface area contributed by atoms with Crippen LogP contribution in [0.4, 0.5) is 4.79 Å². The maximum Gasteiger partial charge on any atom is 0.418 e. The molecule has 0 saturated carbocycles. The normalized spacial score (nSPS) is 12.1. The van der Waals surface area contributed by atoms with Crippen LogP contribution >= 0.6 is 27.5 Å². The van der Waals surface area contributed by atoms with Gasteiger partial charge in [-0.15, -0.1) is 0 Å². The summed E-state index contributed by atoms with van der Waals surface area (Å²) in [6, 6.07) is 5.11. The van der Waals surface area contributed by atoms with Gasteiger partial charge in [-0.25, -0.2) is 14.6 Å². The maximum atomic E-state index is 13.1. The number of nitrogens with zero attached hydrogens (tertiary/aromatic N) is 5. The molecular formula is C21H21BrClN5O4. The number of aromatic nitrogens is 5. The molecule has 32 heavy (non-hydrogen) atoms. The number of fused-ring (bicyclic) bond motifs is 2. The Morgan fingerprint density at radius 2 is 1.84 bits per heavy atom. The van der Waals surface area contributed by atoms with E-state index in [0.717, 1.165) is 4.57 Å². The fourth-order valence-electron chi connectivity index (χ4n) is 3.54. The van der Waals surface area contributed by atoms with Crippen LogP contribution in [0.2, 0.25) is 5.02 Å². The topological polar surface area (TPSA) is 93.1 Å². The van der Waals surface area contributed by atoms with Gasteiger partial charge in [-0.05, 0) is 54.4 Å². The Morgan fingerprint density at radius 3 is 2.50 bits per heavy atom. The molecule has 3 aromatic heterocycles. The predicted octanol–water partition coefficient (Wildman–Crippen LogP) is 3.64. The first-order valence-electron chi connectivity index (χ1n) is 9.74. The third kappa shape index (κ3) is 3.57. The second-order valence-corrected chi connectivity index (χ2v) is 9.57. The SMILES string of the molecule is Cn1c(Br)nc2c1c(=O)n(Cc1ccc3c(ccn3C(=O)OC(C)(C)C)c1Cl)c(=O)n2C. The second-order valence-electron chi connectivity index (χ2n) is 8.48. The molecule has 0 atom stereocenters. The summed E-state index contributed by atoms with van der Waals surface area (Å²) in [7, 11) is 3.25. The maximum absolute atomic E-state index is 13.1. The third-order valence-electron chi connectivity index (χ3n) is 5.11. The van der Waals surface area contributed by atoms with E-state index >= 15 is 0 Å². The van der Waals surface area contributed by atoms with Crippen molar-refractivity contribution in [2.24, 2.45) is 14.1 Å². The molecule has 168 valence electrons. The van der Waals surface area contributed by atoms with Gasteiger partial charge in [0.15, 0.2) is 15.9 Å². The summed E-state index contributed by atoms with van der Waals surface area (Å²) in [4.78, 5) is 42.7. The van der Waals surface area contributed by atoms with Gasteiger partial charge in [-0.1, -0.05) is 17.7 Å². The summed E-state index contributed by atoms with van der Waals surface area (Å²) in [6.45, 7) is 5.34. The molecule has 0 bridgehead atoms. The number of halogens is 2. The zero-order chi connectivity index (χ0) is 23.5. The first kappa shape index (κ1) is 22.3. The van der Waals surface area contributed by atoms with Crippen LogP contribution < -0.4 is 11.2 Å². The van der Waals surface area contributed by atoms with E-state index in [9.17, 15) is 14.4 Å². The summed E-state index contributed by atoms with van der Waals surface area (Å²) >= 11 is 9.92. The third-order valence-corrected chi connectivity index (χ3v) is 6.27. The van der Waals surface area contributed by atoms with Crippen molar-refractivity contribution in [1.82, 2.24) is 23.3 Å². The Labute approximate surface area is 195 Å². The van der Waals surface area contributed by atoms with Crippen LogP contribution in [0.1, 0.15) is 26.3 Å². The van der Waals surface area contributed by atoms with Crippen LogP contribution in [0.3, 0.4) is 0 Å². The average molecular weight is 523 g/mol. The number of imidazole rings is 1. The lowest BCUT2D eigenvalue weighted by Crippen LogP contribution is -2.39. The molecule has 0 fully saturated rings. The van der Waals surface area contributed by atoms with E-state index in [-0.39, 0.29) is 6.54 Å². The highest BCUT2D eigenvalue weighted by Crippen LogP contribution is 2.29. The van der Waals surface area contributed by atoms with E-state index in [0.29, 0.717) is 37.4 Å².